The van der Waals surface area contributed by atoms with E-state index in [1.54, 1.807) is 13.0 Å². The highest BCUT2D eigenvalue weighted by Crippen LogP contribution is 2.05. The lowest BCUT2D eigenvalue weighted by molar-refractivity contribution is 0.169. The molecule has 2 unspecified atom stereocenters. The van der Waals surface area contributed by atoms with E-state index >= 15 is 0 Å². The summed E-state index contributed by atoms with van der Waals surface area (Å²) in [7, 11) is 0. The number of allylic oxidation sites excluding steroid dienone is 1. The monoisotopic (exact) mass is 126 g/mol. The molecule has 0 aromatic heterocycles. The number of rotatable bonds is 3. The van der Waals surface area contributed by atoms with Gasteiger partial charge in [0.1, 0.15) is 0 Å². The molecule has 1 nitrogen and oxygen atoms in total. The lowest BCUT2D eigenvalue weighted by Crippen LogP contribution is -2.10. The third-order valence-corrected chi connectivity index (χ3v) is 1.24. The van der Waals surface area contributed by atoms with Crippen LogP contribution in [0.15, 0.2) is 24.8 Å². The number of aliphatic hydroxyl groups is 1. The molecule has 0 fully saturated rings. The summed E-state index contributed by atoms with van der Waals surface area (Å²) in [5, 5.41) is 9.02. The Labute approximate surface area is 56.7 Å². The minimum Gasteiger partial charge on any atom is -0.392 e. The zero-order valence-corrected chi connectivity index (χ0v) is 6.04. The zero-order chi connectivity index (χ0) is 7.28. The molecule has 0 amide bonds. The van der Waals surface area contributed by atoms with Crippen molar-refractivity contribution >= 4 is 0 Å². The Hall–Kier alpha value is -0.560. The van der Waals surface area contributed by atoms with E-state index in [4.69, 9.17) is 5.11 Å². The fourth-order valence-electron chi connectivity index (χ4n) is 0.659. The molecule has 1 heteroatoms. The van der Waals surface area contributed by atoms with Crippen LogP contribution >= 0.6 is 0 Å². The maximum absolute atomic E-state index is 9.02. The Morgan fingerprint density at radius 1 is 1.56 bits per heavy atom. The van der Waals surface area contributed by atoms with Gasteiger partial charge < -0.3 is 5.11 Å². The van der Waals surface area contributed by atoms with Crippen molar-refractivity contribution in [1.29, 1.82) is 0 Å². The van der Waals surface area contributed by atoms with Gasteiger partial charge in [-0.3, -0.25) is 0 Å². The van der Waals surface area contributed by atoms with Crippen molar-refractivity contribution < 1.29 is 5.11 Å². The first-order valence-electron chi connectivity index (χ1n) is 3.15. The summed E-state index contributed by atoms with van der Waals surface area (Å²) in [4.78, 5) is 0. The largest absolute Gasteiger partial charge is 0.392 e. The number of hydrogen-bond acceptors (Lipinski definition) is 1. The Balaban J connectivity index is 3.82. The van der Waals surface area contributed by atoms with Gasteiger partial charge in [0.25, 0.3) is 0 Å². The predicted molar refractivity (Wildman–Crippen MR) is 40.2 cm³/mol. The Morgan fingerprint density at radius 2 is 2.11 bits per heavy atom. The molecule has 52 valence electrons. The lowest BCUT2D eigenvalue weighted by atomic mass is 10.0. The van der Waals surface area contributed by atoms with Gasteiger partial charge in [0.2, 0.25) is 0 Å². The normalized spacial score (nSPS) is 17.7. The van der Waals surface area contributed by atoms with Gasteiger partial charge in [-0.05, 0) is 13.8 Å². The van der Waals surface area contributed by atoms with E-state index in [0.29, 0.717) is 0 Å². The second-order valence-corrected chi connectivity index (χ2v) is 2.08. The number of aliphatic hydroxyl groups excluding tert-OH is 1. The van der Waals surface area contributed by atoms with Crippen molar-refractivity contribution in [3.63, 3.8) is 0 Å². The van der Waals surface area contributed by atoms with Crippen molar-refractivity contribution in [2.24, 2.45) is 5.92 Å². The summed E-state index contributed by atoms with van der Waals surface area (Å²) in [5.41, 5.74) is 0. The van der Waals surface area contributed by atoms with Crippen LogP contribution in [-0.4, -0.2) is 11.2 Å². The molecular formula is C8H14O. The topological polar surface area (TPSA) is 20.2 Å². The first-order valence-corrected chi connectivity index (χ1v) is 3.15. The summed E-state index contributed by atoms with van der Waals surface area (Å²) in [6.45, 7) is 7.28. The number of hydrogen-bond donors (Lipinski definition) is 1. The molecule has 0 saturated carbocycles. The summed E-state index contributed by atoms with van der Waals surface area (Å²) >= 11 is 0. The molecule has 0 aliphatic heterocycles. The second-order valence-electron chi connectivity index (χ2n) is 2.08. The van der Waals surface area contributed by atoms with Crippen molar-refractivity contribution in [2.45, 2.75) is 20.0 Å². The third-order valence-electron chi connectivity index (χ3n) is 1.24. The average Bonchev–Trinajstić information content (AvgIpc) is 1.82. The molecule has 9 heavy (non-hydrogen) atoms. The van der Waals surface area contributed by atoms with Crippen molar-refractivity contribution in [3.05, 3.63) is 24.8 Å². The molecule has 0 heterocycles. The molecule has 0 radical (unpaired) electrons. The van der Waals surface area contributed by atoms with E-state index in [1.807, 2.05) is 19.1 Å². The van der Waals surface area contributed by atoms with Gasteiger partial charge in [0.05, 0.1) is 6.10 Å². The maximum atomic E-state index is 9.02. The van der Waals surface area contributed by atoms with Crippen LogP contribution in [0, 0.1) is 5.92 Å². The van der Waals surface area contributed by atoms with Gasteiger partial charge in [-0.25, -0.2) is 0 Å². The second kappa shape index (κ2) is 4.33. The molecule has 2 atom stereocenters. The van der Waals surface area contributed by atoms with E-state index in [2.05, 4.69) is 6.58 Å². The average molecular weight is 126 g/mol. The predicted octanol–water partition coefficient (Wildman–Crippen LogP) is 1.75. The quantitative estimate of drug-likeness (QED) is 0.571. The molecule has 0 spiro atoms. The zero-order valence-electron chi connectivity index (χ0n) is 6.04. The highest BCUT2D eigenvalue weighted by molar-refractivity contribution is 4.98. The minimum atomic E-state index is -0.321. The third kappa shape index (κ3) is 3.09. The Bertz CT molecular complexity index is 103. The summed E-state index contributed by atoms with van der Waals surface area (Å²) in [6.07, 6.45) is 5.26. The highest BCUT2D eigenvalue weighted by Gasteiger charge is 2.04. The standard InChI is InChI=1S/C8H14O/c1-4-6-8(5-2)7(3)9/h4-9H,2H2,1,3H3/b6-4+. The van der Waals surface area contributed by atoms with Gasteiger partial charge >= 0.3 is 0 Å². The van der Waals surface area contributed by atoms with E-state index in [0.717, 1.165) is 0 Å². The van der Waals surface area contributed by atoms with E-state index in [9.17, 15) is 0 Å². The van der Waals surface area contributed by atoms with Gasteiger partial charge in [0.15, 0.2) is 0 Å². The molecular weight excluding hydrogens is 112 g/mol. The van der Waals surface area contributed by atoms with Crippen LogP contribution in [0.1, 0.15) is 13.8 Å². The van der Waals surface area contributed by atoms with Crippen LogP contribution in [0.4, 0.5) is 0 Å². The van der Waals surface area contributed by atoms with E-state index in [-0.39, 0.29) is 12.0 Å². The van der Waals surface area contributed by atoms with Gasteiger partial charge in [-0.2, -0.15) is 0 Å². The first-order chi connectivity index (χ1) is 4.22. The van der Waals surface area contributed by atoms with Crippen molar-refractivity contribution in [1.82, 2.24) is 0 Å². The molecule has 0 bridgehead atoms. The molecule has 0 aliphatic rings. The van der Waals surface area contributed by atoms with Crippen LogP contribution in [0.5, 0.6) is 0 Å². The molecule has 0 rings (SSSR count). The minimum absolute atomic E-state index is 0.106. The highest BCUT2D eigenvalue weighted by atomic mass is 16.3. The van der Waals surface area contributed by atoms with Gasteiger partial charge in [-0.15, -0.1) is 6.58 Å². The SMILES string of the molecule is C=CC(/C=C/C)C(C)O. The maximum Gasteiger partial charge on any atom is 0.0609 e. The van der Waals surface area contributed by atoms with Crippen molar-refractivity contribution in [3.8, 4) is 0 Å². The Kier molecular flexibility index (Phi) is 4.06. The summed E-state index contributed by atoms with van der Waals surface area (Å²) in [5.74, 6) is 0.106. The molecule has 0 aromatic rings. The van der Waals surface area contributed by atoms with Crippen LogP contribution in [0.2, 0.25) is 0 Å². The van der Waals surface area contributed by atoms with Gasteiger partial charge in [-0.1, -0.05) is 18.2 Å². The van der Waals surface area contributed by atoms with Crippen LogP contribution in [-0.2, 0) is 0 Å². The fraction of sp³-hybridized carbons (Fsp3) is 0.500. The molecule has 0 saturated heterocycles. The summed E-state index contributed by atoms with van der Waals surface area (Å²) < 4.78 is 0. The first kappa shape index (κ1) is 8.44. The Morgan fingerprint density at radius 3 is 2.22 bits per heavy atom. The smallest absolute Gasteiger partial charge is 0.0609 e. The van der Waals surface area contributed by atoms with Gasteiger partial charge in [0, 0.05) is 5.92 Å². The van der Waals surface area contributed by atoms with E-state index in [1.165, 1.54) is 0 Å². The fourth-order valence-corrected chi connectivity index (χ4v) is 0.659. The van der Waals surface area contributed by atoms with Crippen LogP contribution in [0.3, 0.4) is 0 Å². The lowest BCUT2D eigenvalue weighted by Gasteiger charge is -2.08. The molecule has 0 aromatic carbocycles. The van der Waals surface area contributed by atoms with Crippen LogP contribution < -0.4 is 0 Å². The van der Waals surface area contributed by atoms with Crippen LogP contribution in [0.25, 0.3) is 0 Å². The van der Waals surface area contributed by atoms with E-state index < -0.39 is 0 Å². The molecule has 0 aliphatic carbocycles. The summed E-state index contributed by atoms with van der Waals surface area (Å²) in [6, 6.07) is 0. The van der Waals surface area contributed by atoms with Crippen molar-refractivity contribution in [2.75, 3.05) is 0 Å². The molecule has 1 N–H and O–H groups in total.